The largest absolute Gasteiger partial charge is 0.490 e. The molecular formula is C30H31F3N6O8. The number of aliphatic carboxylic acids is 1. The van der Waals surface area contributed by atoms with Gasteiger partial charge in [0.25, 0.3) is 11.6 Å². The van der Waals surface area contributed by atoms with Crippen LogP contribution in [0.1, 0.15) is 39.5 Å². The Hall–Kier alpha value is -5.74. The van der Waals surface area contributed by atoms with Crippen molar-refractivity contribution in [3.8, 4) is 0 Å². The summed E-state index contributed by atoms with van der Waals surface area (Å²) in [5, 5.41) is 28.5. The van der Waals surface area contributed by atoms with Gasteiger partial charge < -0.3 is 30.4 Å². The van der Waals surface area contributed by atoms with Crippen molar-refractivity contribution in [2.45, 2.75) is 45.1 Å². The molecule has 17 heteroatoms. The number of hydrogen-bond acceptors (Lipinski definition) is 8. The van der Waals surface area contributed by atoms with Crippen LogP contribution in [-0.2, 0) is 45.1 Å². The number of amidine groups is 1. The van der Waals surface area contributed by atoms with E-state index < -0.39 is 29.0 Å². The van der Waals surface area contributed by atoms with Crippen LogP contribution >= 0.6 is 0 Å². The van der Waals surface area contributed by atoms with Crippen LogP contribution in [-0.4, -0.2) is 74.5 Å². The second kappa shape index (κ2) is 15.5. The first kappa shape index (κ1) is 35.7. The zero-order chi connectivity index (χ0) is 34.9. The third-order valence-corrected chi connectivity index (χ3v) is 6.89. The van der Waals surface area contributed by atoms with E-state index >= 15 is 0 Å². The molecule has 1 aromatic heterocycles. The van der Waals surface area contributed by atoms with Gasteiger partial charge in [0.05, 0.1) is 11.5 Å². The summed E-state index contributed by atoms with van der Waals surface area (Å²) in [6.07, 6.45) is -0.663. The molecule has 1 atom stereocenters. The number of ether oxygens (including phenoxy) is 1. The van der Waals surface area contributed by atoms with Gasteiger partial charge in [0.15, 0.2) is 0 Å². The third kappa shape index (κ3) is 10.1. The molecule has 0 aliphatic carbocycles. The number of nitro benzene ring substituents is 1. The second-order valence-electron chi connectivity index (χ2n) is 10.2. The molecule has 0 spiro atoms. The molecular weight excluding hydrogens is 629 g/mol. The Balaban J connectivity index is 0.000000771. The molecule has 0 radical (unpaired) electrons. The summed E-state index contributed by atoms with van der Waals surface area (Å²) in [4.78, 5) is 59.8. The normalized spacial score (nSPS) is 12.9. The zero-order valence-corrected chi connectivity index (χ0v) is 25.0. The van der Waals surface area contributed by atoms with Crippen molar-refractivity contribution in [1.82, 2.24) is 14.8 Å². The standard InChI is InChI=1S/C28H30N6O6.C2HF3O2/c1-2-40-25(35)17-32-14-21-11-12-33(16-22(21)15-32)28(37)24(13-18-3-9-23(10-4-18)34(38)39)31-27(36)20-7-5-19(6-8-20)26(29)30;3-2(4,5)1(6)7/h3-10,14-15,24H,2,11-13,16-17H2,1H3,(H3,29,30)(H,31,36);(H,6,7)/t24-;/m0./s1. The lowest BCUT2D eigenvalue weighted by Gasteiger charge is -2.31. The van der Waals surface area contributed by atoms with E-state index in [2.05, 4.69) is 5.32 Å². The van der Waals surface area contributed by atoms with Gasteiger partial charge in [-0.1, -0.05) is 24.3 Å². The van der Waals surface area contributed by atoms with Crippen LogP contribution in [0, 0.1) is 15.5 Å². The number of non-ortho nitro benzene ring substituents is 1. The van der Waals surface area contributed by atoms with E-state index in [1.807, 2.05) is 12.4 Å². The highest BCUT2D eigenvalue weighted by Crippen LogP contribution is 2.22. The lowest BCUT2D eigenvalue weighted by atomic mass is 10.0. The molecule has 250 valence electrons. The molecule has 47 heavy (non-hydrogen) atoms. The summed E-state index contributed by atoms with van der Waals surface area (Å²) < 4.78 is 38.5. The molecule has 0 saturated heterocycles. The smallest absolute Gasteiger partial charge is 0.475 e. The summed E-state index contributed by atoms with van der Waals surface area (Å²) in [6.45, 7) is 2.86. The number of carboxylic acid groups (broad SMARTS) is 1. The highest BCUT2D eigenvalue weighted by molar-refractivity contribution is 5.99. The molecule has 4 rings (SSSR count). The van der Waals surface area contributed by atoms with Gasteiger partial charge in [-0.25, -0.2) is 4.79 Å². The monoisotopic (exact) mass is 660 g/mol. The van der Waals surface area contributed by atoms with Crippen LogP contribution in [0.2, 0.25) is 0 Å². The first-order chi connectivity index (χ1) is 22.1. The fraction of sp³-hybridized carbons (Fsp3) is 0.300. The minimum atomic E-state index is -5.08. The van der Waals surface area contributed by atoms with Crippen LogP contribution in [0.25, 0.3) is 0 Å². The molecule has 1 aliphatic heterocycles. The predicted molar refractivity (Wildman–Crippen MR) is 159 cm³/mol. The van der Waals surface area contributed by atoms with Crippen LogP contribution in [0.4, 0.5) is 18.9 Å². The van der Waals surface area contributed by atoms with Crippen molar-refractivity contribution < 1.29 is 47.1 Å². The lowest BCUT2D eigenvalue weighted by Crippen LogP contribution is -2.50. The molecule has 14 nitrogen and oxygen atoms in total. The van der Waals surface area contributed by atoms with Gasteiger partial charge in [0.1, 0.15) is 18.4 Å². The number of esters is 1. The summed E-state index contributed by atoms with van der Waals surface area (Å²) in [5.41, 5.74) is 8.78. The number of benzene rings is 2. The molecule has 5 N–H and O–H groups in total. The van der Waals surface area contributed by atoms with Crippen molar-refractivity contribution in [2.24, 2.45) is 5.73 Å². The Labute approximate surface area is 265 Å². The number of carbonyl (C=O) groups excluding carboxylic acids is 3. The van der Waals surface area contributed by atoms with Gasteiger partial charge >= 0.3 is 18.1 Å². The number of nitrogen functional groups attached to an aromatic ring is 1. The molecule has 3 aromatic rings. The van der Waals surface area contributed by atoms with Crippen molar-refractivity contribution in [3.05, 3.63) is 98.9 Å². The number of fused-ring (bicyclic) bond motifs is 1. The summed E-state index contributed by atoms with van der Waals surface area (Å²) >= 11 is 0. The SMILES string of the molecule is CCOC(=O)Cn1cc2c(c1)CN(C(=O)[C@H](Cc1ccc([N+](=O)[O-])cc1)NC(=O)c1ccc(C(=N)N)cc1)CC2.O=C(O)C(F)(F)F. The van der Waals surface area contributed by atoms with Gasteiger partial charge in [0, 0.05) is 55.2 Å². The Kier molecular flexibility index (Phi) is 11.8. The van der Waals surface area contributed by atoms with E-state index in [1.54, 1.807) is 40.7 Å². The van der Waals surface area contributed by atoms with E-state index in [-0.39, 0.29) is 36.4 Å². The molecule has 0 saturated carbocycles. The maximum atomic E-state index is 13.7. The molecule has 2 aromatic carbocycles. The Morgan fingerprint density at radius 2 is 1.64 bits per heavy atom. The van der Waals surface area contributed by atoms with Crippen LogP contribution in [0.15, 0.2) is 60.9 Å². The zero-order valence-electron chi connectivity index (χ0n) is 25.0. The number of hydrogen-bond donors (Lipinski definition) is 4. The fourth-order valence-corrected chi connectivity index (χ4v) is 4.60. The number of aromatic nitrogens is 1. The molecule has 2 amide bonds. The number of rotatable bonds is 10. The average molecular weight is 661 g/mol. The third-order valence-electron chi connectivity index (χ3n) is 6.89. The molecule has 0 unspecified atom stereocenters. The highest BCUT2D eigenvalue weighted by atomic mass is 19.4. The number of nitrogens with one attached hydrogen (secondary N) is 2. The number of halogens is 3. The Morgan fingerprint density at radius 1 is 1.06 bits per heavy atom. The van der Waals surface area contributed by atoms with Gasteiger partial charge in [-0.2, -0.15) is 13.2 Å². The predicted octanol–water partition coefficient (Wildman–Crippen LogP) is 2.80. The first-order valence-electron chi connectivity index (χ1n) is 14.0. The number of amides is 2. The van der Waals surface area contributed by atoms with Gasteiger partial charge in [0.2, 0.25) is 5.91 Å². The first-order valence-corrected chi connectivity index (χ1v) is 14.0. The summed E-state index contributed by atoms with van der Waals surface area (Å²) in [6, 6.07) is 11.1. The average Bonchev–Trinajstić information content (AvgIpc) is 3.42. The molecule has 0 fully saturated rings. The van der Waals surface area contributed by atoms with E-state index in [9.17, 15) is 37.7 Å². The van der Waals surface area contributed by atoms with E-state index in [1.165, 1.54) is 24.3 Å². The fourth-order valence-electron chi connectivity index (χ4n) is 4.60. The minimum absolute atomic E-state index is 0.0721. The van der Waals surface area contributed by atoms with Crippen molar-refractivity contribution >= 4 is 35.3 Å². The Bertz CT molecular complexity index is 1640. The Morgan fingerprint density at radius 3 is 2.17 bits per heavy atom. The van der Waals surface area contributed by atoms with E-state index in [0.29, 0.717) is 42.8 Å². The van der Waals surface area contributed by atoms with Crippen LogP contribution in [0.3, 0.4) is 0 Å². The highest BCUT2D eigenvalue weighted by Gasteiger charge is 2.38. The number of nitro groups is 1. The van der Waals surface area contributed by atoms with Crippen LogP contribution in [0.5, 0.6) is 0 Å². The van der Waals surface area contributed by atoms with Gasteiger partial charge in [-0.15, -0.1) is 0 Å². The van der Waals surface area contributed by atoms with Crippen molar-refractivity contribution in [3.63, 3.8) is 0 Å². The summed E-state index contributed by atoms with van der Waals surface area (Å²) in [5.74, 6) is -4.00. The second-order valence-corrected chi connectivity index (χ2v) is 10.2. The number of alkyl halides is 3. The van der Waals surface area contributed by atoms with Crippen molar-refractivity contribution in [1.29, 1.82) is 5.41 Å². The quantitative estimate of drug-likeness (QED) is 0.0827. The van der Waals surface area contributed by atoms with Gasteiger partial charge in [-0.05, 0) is 42.2 Å². The number of carbonyl (C=O) groups is 4. The van der Waals surface area contributed by atoms with E-state index in [4.69, 9.17) is 25.8 Å². The molecule has 2 heterocycles. The maximum absolute atomic E-state index is 13.7. The van der Waals surface area contributed by atoms with Crippen LogP contribution < -0.4 is 11.1 Å². The molecule has 1 aliphatic rings. The minimum Gasteiger partial charge on any atom is -0.475 e. The number of carboxylic acids is 1. The summed E-state index contributed by atoms with van der Waals surface area (Å²) in [7, 11) is 0. The number of nitrogens with zero attached hydrogens (tertiary/aromatic N) is 3. The van der Waals surface area contributed by atoms with E-state index in [0.717, 1.165) is 11.1 Å². The van der Waals surface area contributed by atoms with Gasteiger partial charge in [-0.3, -0.25) is 29.9 Å². The maximum Gasteiger partial charge on any atom is 0.490 e. The van der Waals surface area contributed by atoms with Crippen molar-refractivity contribution in [2.75, 3.05) is 13.2 Å². The lowest BCUT2D eigenvalue weighted by molar-refractivity contribution is -0.384. The number of nitrogens with two attached hydrogens (primary N) is 1. The topological polar surface area (TPSA) is 211 Å². The molecule has 0 bridgehead atoms.